The second-order valence-electron chi connectivity index (χ2n) is 8.44. The van der Waals surface area contributed by atoms with E-state index in [-0.39, 0.29) is 48.8 Å². The van der Waals surface area contributed by atoms with Crippen molar-refractivity contribution in [3.05, 3.63) is 50.4 Å². The number of ether oxygens (including phenoxy) is 1. The van der Waals surface area contributed by atoms with Crippen LogP contribution < -0.4 is 0 Å². The topological polar surface area (TPSA) is 69.4 Å². The van der Waals surface area contributed by atoms with Crippen molar-refractivity contribution in [1.29, 1.82) is 0 Å². The van der Waals surface area contributed by atoms with Crippen molar-refractivity contribution in [2.24, 2.45) is 0 Å². The number of methoxy groups -OCH3 is 1. The van der Waals surface area contributed by atoms with Gasteiger partial charge in [0.2, 0.25) is 0 Å². The van der Waals surface area contributed by atoms with Crippen molar-refractivity contribution in [1.82, 2.24) is 5.16 Å². The first-order chi connectivity index (χ1) is 15.1. The maximum atomic E-state index is 13.1. The molecular weight excluding hydrogens is 640 g/mol. The van der Waals surface area contributed by atoms with Gasteiger partial charge in [0.25, 0.3) is 0 Å². The summed E-state index contributed by atoms with van der Waals surface area (Å²) in [5.74, 6) is 0.664. The molecule has 1 aromatic heterocycles. The predicted octanol–water partition coefficient (Wildman–Crippen LogP) is 6.49. The van der Waals surface area contributed by atoms with Crippen LogP contribution in [0.3, 0.4) is 0 Å². The molecule has 0 fully saturated rings. The molecule has 5 nitrogen and oxygen atoms in total. The van der Waals surface area contributed by atoms with E-state index in [9.17, 15) is 9.59 Å². The summed E-state index contributed by atoms with van der Waals surface area (Å²) in [4.78, 5) is 24.6. The van der Waals surface area contributed by atoms with Gasteiger partial charge in [0.15, 0.2) is 0 Å². The number of aryl methyl sites for hydroxylation is 1. The van der Waals surface area contributed by atoms with E-state index in [1.165, 1.54) is 34.9 Å². The summed E-state index contributed by atoms with van der Waals surface area (Å²) in [5.41, 5.74) is 9.20. The minimum atomic E-state index is -0.231. The average Bonchev–Trinajstić information content (AvgIpc) is 3.12. The minimum absolute atomic E-state index is 0. The van der Waals surface area contributed by atoms with Crippen molar-refractivity contribution >= 4 is 11.8 Å². The number of Topliss-reactive ketones (excluding diaryl/α,β-unsaturated/α-hetero) is 1. The molecule has 0 saturated carbocycles. The summed E-state index contributed by atoms with van der Waals surface area (Å²) in [6.45, 7) is 18.5. The number of hydrogen-bond acceptors (Lipinski definition) is 5. The third-order valence-electron chi connectivity index (χ3n) is 6.74. The predicted molar refractivity (Wildman–Crippen MR) is 129 cm³/mol. The quantitative estimate of drug-likeness (QED) is 0.283. The smallest absolute Gasteiger partial charge is 0.305 e. The van der Waals surface area contributed by atoms with E-state index in [1.54, 1.807) is 0 Å². The van der Waals surface area contributed by atoms with Gasteiger partial charge in [-0.15, -0.1) is 0 Å². The largest absolute Gasteiger partial charge is 0.469 e. The number of hydrogen-bond donors (Lipinski definition) is 0. The molecule has 0 saturated heterocycles. The molecule has 0 aliphatic carbocycles. The molecule has 2 aromatic rings. The van der Waals surface area contributed by atoms with E-state index in [4.69, 9.17) is 9.26 Å². The van der Waals surface area contributed by atoms with Crippen molar-refractivity contribution in [2.75, 3.05) is 7.11 Å². The summed E-state index contributed by atoms with van der Waals surface area (Å²) in [6.07, 6.45) is 2.49. The molecular formula is C27H41NO4U. The number of aromatic nitrogens is 1. The fourth-order valence-electron chi connectivity index (χ4n) is 4.13. The van der Waals surface area contributed by atoms with E-state index < -0.39 is 0 Å². The first-order valence-electron chi connectivity index (χ1n) is 11.7. The van der Waals surface area contributed by atoms with Crippen molar-refractivity contribution in [3.63, 3.8) is 0 Å². The molecule has 1 heterocycles. The molecule has 1 unspecified atom stereocenters. The molecule has 33 heavy (non-hydrogen) atoms. The Morgan fingerprint density at radius 3 is 1.85 bits per heavy atom. The minimum Gasteiger partial charge on any atom is -0.469 e. The van der Waals surface area contributed by atoms with Gasteiger partial charge in [0.1, 0.15) is 11.5 Å². The summed E-state index contributed by atoms with van der Waals surface area (Å²) in [7, 11) is 1.39. The van der Waals surface area contributed by atoms with Crippen LogP contribution in [-0.2, 0) is 20.7 Å². The Labute approximate surface area is 223 Å². The number of rotatable bonds is 9. The van der Waals surface area contributed by atoms with Crippen LogP contribution in [0.2, 0.25) is 0 Å². The normalized spacial score (nSPS) is 11.2. The number of nitrogens with zero attached hydrogens (tertiary/aromatic N) is 1. The molecule has 0 aliphatic heterocycles. The first kappa shape index (κ1) is 31.6. The number of carbonyl (C=O) groups is 2. The molecule has 1 atom stereocenters. The number of ketones is 1. The summed E-state index contributed by atoms with van der Waals surface area (Å²) in [6, 6.07) is 0. The van der Waals surface area contributed by atoms with Crippen LogP contribution in [0.4, 0.5) is 0 Å². The summed E-state index contributed by atoms with van der Waals surface area (Å²) >= 11 is 0. The van der Waals surface area contributed by atoms with Crippen molar-refractivity contribution < 1.29 is 50.0 Å². The molecule has 0 aliphatic rings. The Hall–Kier alpha value is -1.38. The molecule has 1 aromatic carbocycles. The van der Waals surface area contributed by atoms with Gasteiger partial charge in [-0.25, -0.2) is 0 Å². The van der Waals surface area contributed by atoms with E-state index >= 15 is 0 Å². The van der Waals surface area contributed by atoms with Crippen LogP contribution >= 0.6 is 0 Å². The standard InChI is InChI=1S/C25H35NO4.C2H6.U/c1-14-15(2)17(4)23(18(5)16(14)3)13-22(27)12-21(10-9-11-24(28)29-8)25-19(6)20(7)30-26-25;1-2;/h21H,9-13H2,1-8H3;1-2H3;. The van der Waals surface area contributed by atoms with Gasteiger partial charge in [0.05, 0.1) is 12.8 Å². The molecule has 182 valence electrons. The third kappa shape index (κ3) is 8.11. The molecule has 2 rings (SSSR count). The zero-order chi connectivity index (χ0) is 24.6. The van der Waals surface area contributed by atoms with Gasteiger partial charge in [-0.05, 0) is 94.7 Å². The monoisotopic (exact) mass is 681 g/mol. The third-order valence-corrected chi connectivity index (χ3v) is 6.74. The van der Waals surface area contributed by atoms with Crippen molar-refractivity contribution in [3.8, 4) is 0 Å². The van der Waals surface area contributed by atoms with Crippen LogP contribution in [-0.4, -0.2) is 24.0 Å². The molecule has 0 bridgehead atoms. The second-order valence-corrected chi connectivity index (χ2v) is 8.44. The Balaban J connectivity index is 0.00000332. The van der Waals surface area contributed by atoms with Gasteiger partial charge in [-0.2, -0.15) is 0 Å². The maximum absolute atomic E-state index is 13.1. The van der Waals surface area contributed by atoms with Crippen LogP contribution in [0.15, 0.2) is 4.52 Å². The fraction of sp³-hybridized carbons (Fsp3) is 0.593. The SMILES string of the molecule is CC.COC(=O)CCCC(CC(=O)Cc1c(C)c(C)c(C)c(C)c1C)c1noc(C)c1C.[U]. The Morgan fingerprint density at radius 2 is 1.39 bits per heavy atom. The first-order valence-corrected chi connectivity index (χ1v) is 11.7. The summed E-state index contributed by atoms with van der Waals surface area (Å²) < 4.78 is 10.1. The molecule has 0 spiro atoms. The zero-order valence-electron chi connectivity index (χ0n) is 22.2. The second kappa shape index (κ2) is 14.8. The van der Waals surface area contributed by atoms with E-state index in [0.29, 0.717) is 32.1 Å². The van der Waals surface area contributed by atoms with Gasteiger partial charge >= 0.3 is 5.97 Å². The number of benzene rings is 1. The van der Waals surface area contributed by atoms with Gasteiger partial charge < -0.3 is 9.26 Å². The van der Waals surface area contributed by atoms with Crippen molar-refractivity contribution in [2.45, 2.75) is 100 Å². The zero-order valence-corrected chi connectivity index (χ0v) is 26.4. The Kier molecular flexibility index (Phi) is 14.2. The van der Waals surface area contributed by atoms with Gasteiger partial charge in [0, 0.05) is 61.9 Å². The molecule has 0 amide bonds. The van der Waals surface area contributed by atoms with Crippen LogP contribution in [0.1, 0.15) is 95.8 Å². The van der Waals surface area contributed by atoms with E-state index in [0.717, 1.165) is 22.6 Å². The number of esters is 1. The van der Waals surface area contributed by atoms with Gasteiger partial charge in [-0.1, -0.05) is 19.0 Å². The van der Waals surface area contributed by atoms with E-state index in [1.807, 2.05) is 27.7 Å². The molecule has 0 N–H and O–H groups in total. The van der Waals surface area contributed by atoms with Gasteiger partial charge in [-0.3, -0.25) is 9.59 Å². The average molecular weight is 682 g/mol. The van der Waals surface area contributed by atoms with Crippen LogP contribution in [0.5, 0.6) is 0 Å². The fourth-order valence-corrected chi connectivity index (χ4v) is 4.13. The number of carbonyl (C=O) groups excluding carboxylic acids is 2. The molecule has 0 radical (unpaired) electrons. The summed E-state index contributed by atoms with van der Waals surface area (Å²) in [5, 5.41) is 4.23. The molecule has 6 heteroatoms. The maximum Gasteiger partial charge on any atom is 0.305 e. The Bertz CT molecular complexity index is 917. The van der Waals surface area contributed by atoms with Crippen LogP contribution in [0, 0.1) is 79.6 Å². The van der Waals surface area contributed by atoms with E-state index in [2.05, 4.69) is 39.8 Å². The van der Waals surface area contributed by atoms with Crippen LogP contribution in [0.25, 0.3) is 0 Å². The Morgan fingerprint density at radius 1 is 0.879 bits per heavy atom.